The molecule has 0 saturated heterocycles. The van der Waals surface area contributed by atoms with Gasteiger partial charge < -0.3 is 10.6 Å². The van der Waals surface area contributed by atoms with Crippen molar-refractivity contribution >= 4 is 23.2 Å². The second kappa shape index (κ2) is 6.98. The van der Waals surface area contributed by atoms with Gasteiger partial charge in [0.1, 0.15) is 0 Å². The Bertz CT molecular complexity index is 880. The summed E-state index contributed by atoms with van der Waals surface area (Å²) in [4.78, 5) is 24.2. The van der Waals surface area contributed by atoms with E-state index in [1.54, 1.807) is 0 Å². The Morgan fingerprint density at radius 2 is 1.33 bits per heavy atom. The summed E-state index contributed by atoms with van der Waals surface area (Å²) < 4.78 is 63.5. The van der Waals surface area contributed by atoms with Crippen molar-refractivity contribution in [1.29, 1.82) is 0 Å². The monoisotopic (exact) mass is 384 g/mol. The van der Waals surface area contributed by atoms with Crippen molar-refractivity contribution in [3.8, 4) is 0 Å². The fourth-order valence-electron chi connectivity index (χ4n) is 2.56. The normalized spacial score (nSPS) is 18.7. The van der Waals surface area contributed by atoms with Crippen molar-refractivity contribution in [3.63, 3.8) is 0 Å². The molecule has 0 aliphatic heterocycles. The zero-order valence-corrected chi connectivity index (χ0v) is 13.6. The lowest BCUT2D eigenvalue weighted by atomic mass is 10.2. The summed E-state index contributed by atoms with van der Waals surface area (Å²) in [6, 6.07) is 6.82. The molecule has 1 fully saturated rings. The lowest BCUT2D eigenvalue weighted by Crippen LogP contribution is -2.20. The molecule has 2 aromatic rings. The number of hydrogen-bond acceptors (Lipinski definition) is 2. The molecule has 2 atom stereocenters. The summed E-state index contributed by atoms with van der Waals surface area (Å²) in [6.07, 6.45) is -4.22. The minimum atomic E-state index is -4.47. The third kappa shape index (κ3) is 4.42. The maximum atomic E-state index is 13.1. The Hall–Kier alpha value is -2.97. The van der Waals surface area contributed by atoms with Gasteiger partial charge in [-0.25, -0.2) is 8.78 Å². The van der Waals surface area contributed by atoms with Gasteiger partial charge in [0.2, 0.25) is 11.8 Å². The number of rotatable bonds is 4. The average molecular weight is 384 g/mol. The Morgan fingerprint density at radius 3 is 1.85 bits per heavy atom. The van der Waals surface area contributed by atoms with E-state index in [-0.39, 0.29) is 17.8 Å². The first kappa shape index (κ1) is 18.8. The Morgan fingerprint density at radius 1 is 0.815 bits per heavy atom. The molecule has 9 heteroatoms. The van der Waals surface area contributed by atoms with Gasteiger partial charge in [0, 0.05) is 17.4 Å². The van der Waals surface area contributed by atoms with E-state index >= 15 is 0 Å². The van der Waals surface area contributed by atoms with Crippen LogP contribution in [0.15, 0.2) is 42.5 Å². The number of halogens is 5. The standard InChI is InChI=1S/C18H13F5N2O2/c19-14-6-5-11(7-15(14)20)25-17(27)13-8-12(13)16(26)24-10-3-1-9(2-4-10)18(21,22)23/h1-7,12-13H,8H2,(H,24,26)(H,25,27). The second-order valence-corrected chi connectivity index (χ2v) is 6.13. The number of amides is 2. The van der Waals surface area contributed by atoms with Crippen LogP contribution in [0.3, 0.4) is 0 Å². The Kier molecular flexibility index (Phi) is 4.86. The van der Waals surface area contributed by atoms with Crippen LogP contribution in [0.2, 0.25) is 0 Å². The third-order valence-electron chi connectivity index (χ3n) is 4.13. The molecule has 0 heterocycles. The highest BCUT2D eigenvalue weighted by Gasteiger charge is 2.48. The van der Waals surface area contributed by atoms with Crippen LogP contribution in [0.5, 0.6) is 0 Å². The molecule has 3 rings (SSSR count). The van der Waals surface area contributed by atoms with Crippen LogP contribution in [0.25, 0.3) is 0 Å². The minimum Gasteiger partial charge on any atom is -0.326 e. The van der Waals surface area contributed by atoms with Gasteiger partial charge in [-0.3, -0.25) is 9.59 Å². The zero-order valence-electron chi connectivity index (χ0n) is 13.6. The van der Waals surface area contributed by atoms with Gasteiger partial charge in [-0.2, -0.15) is 13.2 Å². The van der Waals surface area contributed by atoms with Gasteiger partial charge in [-0.15, -0.1) is 0 Å². The number of alkyl halides is 3. The van der Waals surface area contributed by atoms with Crippen LogP contribution in [0, 0.1) is 23.5 Å². The minimum absolute atomic E-state index is 0.0627. The number of anilines is 2. The van der Waals surface area contributed by atoms with E-state index in [1.165, 1.54) is 6.07 Å². The van der Waals surface area contributed by atoms with Gasteiger partial charge >= 0.3 is 6.18 Å². The smallest absolute Gasteiger partial charge is 0.326 e. The summed E-state index contributed by atoms with van der Waals surface area (Å²) in [6.45, 7) is 0. The zero-order chi connectivity index (χ0) is 19.8. The molecule has 2 N–H and O–H groups in total. The molecule has 0 radical (unpaired) electrons. The van der Waals surface area contributed by atoms with Crippen molar-refractivity contribution in [3.05, 3.63) is 59.7 Å². The predicted molar refractivity (Wildman–Crippen MR) is 86.7 cm³/mol. The maximum Gasteiger partial charge on any atom is 0.416 e. The van der Waals surface area contributed by atoms with Crippen LogP contribution < -0.4 is 10.6 Å². The van der Waals surface area contributed by atoms with E-state index in [0.29, 0.717) is 0 Å². The highest BCUT2D eigenvalue weighted by atomic mass is 19.4. The molecule has 0 bridgehead atoms. The Balaban J connectivity index is 1.55. The van der Waals surface area contributed by atoms with Gasteiger partial charge in [0.05, 0.1) is 17.4 Å². The molecule has 27 heavy (non-hydrogen) atoms. The number of carbonyl (C=O) groups is 2. The lowest BCUT2D eigenvalue weighted by Gasteiger charge is -2.09. The van der Waals surface area contributed by atoms with Gasteiger partial charge in [0.15, 0.2) is 11.6 Å². The van der Waals surface area contributed by atoms with Crippen molar-refractivity contribution in [1.82, 2.24) is 0 Å². The van der Waals surface area contributed by atoms with E-state index in [4.69, 9.17) is 0 Å². The highest BCUT2D eigenvalue weighted by Crippen LogP contribution is 2.40. The van der Waals surface area contributed by atoms with Crippen molar-refractivity contribution < 1.29 is 31.5 Å². The van der Waals surface area contributed by atoms with Crippen molar-refractivity contribution in [2.24, 2.45) is 11.8 Å². The van der Waals surface area contributed by atoms with Crippen LogP contribution in [0.4, 0.5) is 33.3 Å². The molecular formula is C18H13F5N2O2. The van der Waals surface area contributed by atoms with Gasteiger partial charge in [-0.05, 0) is 42.8 Å². The molecule has 1 saturated carbocycles. The Labute approximate surface area is 150 Å². The molecular weight excluding hydrogens is 371 g/mol. The van der Waals surface area contributed by atoms with E-state index in [2.05, 4.69) is 10.6 Å². The summed E-state index contributed by atoms with van der Waals surface area (Å²) in [5.74, 6) is -4.47. The number of carbonyl (C=O) groups excluding carboxylic acids is 2. The predicted octanol–water partition coefficient (Wildman–Crippen LogP) is 4.20. The van der Waals surface area contributed by atoms with E-state index < -0.39 is 47.0 Å². The molecule has 142 valence electrons. The number of hydrogen-bond donors (Lipinski definition) is 2. The molecule has 0 spiro atoms. The first-order chi connectivity index (χ1) is 12.6. The summed E-state index contributed by atoms with van der Waals surface area (Å²) in [5.41, 5.74) is -0.594. The molecule has 2 aromatic carbocycles. The summed E-state index contributed by atoms with van der Waals surface area (Å²) >= 11 is 0. The van der Waals surface area contributed by atoms with E-state index in [1.807, 2.05) is 0 Å². The van der Waals surface area contributed by atoms with E-state index in [0.717, 1.165) is 36.4 Å². The number of benzene rings is 2. The molecule has 0 aromatic heterocycles. The van der Waals surface area contributed by atoms with Crippen LogP contribution in [0.1, 0.15) is 12.0 Å². The summed E-state index contributed by atoms with van der Waals surface area (Å²) in [7, 11) is 0. The van der Waals surface area contributed by atoms with Gasteiger partial charge in [0.25, 0.3) is 0 Å². The van der Waals surface area contributed by atoms with Crippen LogP contribution in [-0.4, -0.2) is 11.8 Å². The third-order valence-corrected chi connectivity index (χ3v) is 4.13. The fraction of sp³-hybridized carbons (Fsp3) is 0.222. The maximum absolute atomic E-state index is 13.1. The van der Waals surface area contributed by atoms with Crippen molar-refractivity contribution in [2.75, 3.05) is 10.6 Å². The SMILES string of the molecule is O=C(Nc1ccc(C(F)(F)F)cc1)C1CC1C(=O)Nc1ccc(F)c(F)c1. The quantitative estimate of drug-likeness (QED) is 0.777. The first-order valence-corrected chi connectivity index (χ1v) is 7.89. The molecule has 1 aliphatic carbocycles. The lowest BCUT2D eigenvalue weighted by molar-refractivity contribution is -0.137. The van der Waals surface area contributed by atoms with Crippen molar-refractivity contribution in [2.45, 2.75) is 12.6 Å². The number of nitrogens with one attached hydrogen (secondary N) is 2. The molecule has 1 aliphatic rings. The average Bonchev–Trinajstić information content (AvgIpc) is 3.39. The molecule has 2 unspecified atom stereocenters. The van der Waals surface area contributed by atoms with Gasteiger partial charge in [-0.1, -0.05) is 0 Å². The first-order valence-electron chi connectivity index (χ1n) is 7.89. The molecule has 2 amide bonds. The molecule has 4 nitrogen and oxygen atoms in total. The van der Waals surface area contributed by atoms with Crippen LogP contribution >= 0.6 is 0 Å². The fourth-order valence-corrected chi connectivity index (χ4v) is 2.56. The van der Waals surface area contributed by atoms with Crippen LogP contribution in [-0.2, 0) is 15.8 Å². The summed E-state index contributed by atoms with van der Waals surface area (Å²) in [5, 5.41) is 4.85. The largest absolute Gasteiger partial charge is 0.416 e. The highest BCUT2D eigenvalue weighted by molar-refractivity contribution is 6.03. The topological polar surface area (TPSA) is 58.2 Å². The van der Waals surface area contributed by atoms with E-state index in [9.17, 15) is 31.5 Å². The second-order valence-electron chi connectivity index (χ2n) is 6.13.